The lowest BCUT2D eigenvalue weighted by molar-refractivity contribution is 0.564. The molecule has 0 aliphatic rings. The molecule has 82 valence electrons. The minimum Gasteiger partial charge on any atom is -0.317 e. The number of hydrogen-bond donors (Lipinski definition) is 0. The van der Waals surface area contributed by atoms with Crippen LogP contribution in [0.2, 0.25) is 0 Å². The first-order chi connectivity index (χ1) is 7.66. The zero-order chi connectivity index (χ0) is 11.7. The van der Waals surface area contributed by atoms with E-state index in [2.05, 4.69) is 4.99 Å². The van der Waals surface area contributed by atoms with Crippen LogP contribution < -0.4 is 5.01 Å². The molecule has 0 atom stereocenters. The van der Waals surface area contributed by atoms with Crippen LogP contribution in [0.5, 0.6) is 0 Å². The molecular weight excluding hydrogens is 202 g/mol. The number of hydrogen-bond acceptors (Lipinski definition) is 3. The minimum atomic E-state index is 0.640. The summed E-state index contributed by atoms with van der Waals surface area (Å²) in [6.45, 7) is 1.96. The molecule has 0 radical (unpaired) electrons. The lowest BCUT2D eigenvalue weighted by Gasteiger charge is -2.17. The van der Waals surface area contributed by atoms with Gasteiger partial charge in [0, 0.05) is 25.0 Å². The van der Waals surface area contributed by atoms with Crippen LogP contribution in [0.25, 0.3) is 10.9 Å². The highest BCUT2D eigenvalue weighted by atomic mass is 16.1. The zero-order valence-electron chi connectivity index (χ0n) is 9.56. The third-order valence-corrected chi connectivity index (χ3v) is 2.62. The van der Waals surface area contributed by atoms with Gasteiger partial charge in [-0.2, -0.15) is 0 Å². The topological polar surface area (TPSA) is 37.6 Å². The van der Waals surface area contributed by atoms with Gasteiger partial charge in [-0.3, -0.25) is 0 Å². The Labute approximate surface area is 93.8 Å². The molecule has 4 heteroatoms. The Morgan fingerprint density at radius 3 is 2.62 bits per heavy atom. The summed E-state index contributed by atoms with van der Waals surface area (Å²) in [5, 5.41) is 3.00. The average Bonchev–Trinajstić information content (AvgIpc) is 2.54. The highest BCUT2D eigenvalue weighted by Gasteiger charge is 2.14. The van der Waals surface area contributed by atoms with Crippen molar-refractivity contribution in [1.29, 1.82) is 0 Å². The maximum absolute atomic E-state index is 10.5. The first kappa shape index (κ1) is 10.5. The highest BCUT2D eigenvalue weighted by molar-refractivity contribution is 5.89. The second kappa shape index (κ2) is 3.83. The van der Waals surface area contributed by atoms with Crippen molar-refractivity contribution in [3.8, 4) is 0 Å². The number of para-hydroxylation sites is 1. The SMILES string of the molecule is Cc1c(N=C=O)n(N(C)C)c2ccccc12. The molecule has 0 N–H and O–H groups in total. The number of rotatable bonds is 2. The zero-order valence-corrected chi connectivity index (χ0v) is 9.56. The predicted molar refractivity (Wildman–Crippen MR) is 64.5 cm³/mol. The third kappa shape index (κ3) is 1.40. The molecule has 0 spiro atoms. The van der Waals surface area contributed by atoms with E-state index in [-0.39, 0.29) is 0 Å². The molecule has 0 aliphatic carbocycles. The summed E-state index contributed by atoms with van der Waals surface area (Å²) < 4.78 is 1.90. The molecule has 0 aliphatic heterocycles. The summed E-state index contributed by atoms with van der Waals surface area (Å²) >= 11 is 0. The molecule has 0 saturated heterocycles. The Hall–Kier alpha value is -2.06. The Bertz CT molecular complexity index is 577. The van der Waals surface area contributed by atoms with Crippen molar-refractivity contribution in [1.82, 2.24) is 4.68 Å². The number of isocyanates is 1. The van der Waals surface area contributed by atoms with Crippen molar-refractivity contribution in [2.45, 2.75) is 6.92 Å². The number of nitrogens with zero attached hydrogens (tertiary/aromatic N) is 3. The molecule has 1 aromatic heterocycles. The Morgan fingerprint density at radius 1 is 1.31 bits per heavy atom. The van der Waals surface area contributed by atoms with Gasteiger partial charge >= 0.3 is 0 Å². The fourth-order valence-electron chi connectivity index (χ4n) is 1.95. The Balaban J connectivity index is 2.91. The fourth-order valence-corrected chi connectivity index (χ4v) is 1.95. The molecule has 4 nitrogen and oxygen atoms in total. The van der Waals surface area contributed by atoms with Crippen molar-refractivity contribution in [3.05, 3.63) is 29.8 Å². The number of carbonyl (C=O) groups excluding carboxylic acids is 1. The Kier molecular flexibility index (Phi) is 2.50. The normalized spacial score (nSPS) is 10.2. The van der Waals surface area contributed by atoms with E-state index < -0.39 is 0 Å². The summed E-state index contributed by atoms with van der Waals surface area (Å²) in [4.78, 5) is 14.2. The molecule has 0 unspecified atom stereocenters. The molecule has 0 amide bonds. The van der Waals surface area contributed by atoms with E-state index in [0.29, 0.717) is 5.82 Å². The lowest BCUT2D eigenvalue weighted by Crippen LogP contribution is -2.24. The largest absolute Gasteiger partial charge is 0.317 e. The van der Waals surface area contributed by atoms with E-state index in [0.717, 1.165) is 16.5 Å². The number of aliphatic imine (C=N–C) groups is 1. The van der Waals surface area contributed by atoms with E-state index in [9.17, 15) is 4.79 Å². The van der Waals surface area contributed by atoms with Gasteiger partial charge < -0.3 is 5.01 Å². The maximum atomic E-state index is 10.5. The summed E-state index contributed by atoms with van der Waals surface area (Å²) in [5.41, 5.74) is 2.03. The van der Waals surface area contributed by atoms with Crippen molar-refractivity contribution in [2.24, 2.45) is 4.99 Å². The second-order valence-electron chi connectivity index (χ2n) is 3.83. The second-order valence-corrected chi connectivity index (χ2v) is 3.83. The first-order valence-corrected chi connectivity index (χ1v) is 5.02. The molecule has 1 heterocycles. The number of aryl methyl sites for hydroxylation is 1. The van der Waals surface area contributed by atoms with Gasteiger partial charge in [0.1, 0.15) is 0 Å². The van der Waals surface area contributed by atoms with Crippen LogP contribution in [0.15, 0.2) is 29.3 Å². The van der Waals surface area contributed by atoms with Crippen LogP contribution in [0.1, 0.15) is 5.56 Å². The van der Waals surface area contributed by atoms with Crippen LogP contribution >= 0.6 is 0 Å². The fraction of sp³-hybridized carbons (Fsp3) is 0.250. The van der Waals surface area contributed by atoms with E-state index >= 15 is 0 Å². The minimum absolute atomic E-state index is 0.640. The van der Waals surface area contributed by atoms with Gasteiger partial charge in [0.05, 0.1) is 5.52 Å². The van der Waals surface area contributed by atoms with Gasteiger partial charge in [-0.05, 0) is 13.0 Å². The lowest BCUT2D eigenvalue weighted by atomic mass is 10.2. The van der Waals surface area contributed by atoms with Crippen molar-refractivity contribution in [3.63, 3.8) is 0 Å². The van der Waals surface area contributed by atoms with E-state index in [1.165, 1.54) is 0 Å². The predicted octanol–water partition coefficient (Wildman–Crippen LogP) is 2.11. The molecule has 2 aromatic rings. The van der Waals surface area contributed by atoms with Crippen molar-refractivity contribution in [2.75, 3.05) is 19.1 Å². The molecule has 16 heavy (non-hydrogen) atoms. The molecule has 1 aromatic carbocycles. The molecule has 0 saturated carbocycles. The van der Waals surface area contributed by atoms with Gasteiger partial charge in [-0.25, -0.2) is 9.47 Å². The summed E-state index contributed by atoms with van der Waals surface area (Å²) in [6, 6.07) is 7.97. The number of fused-ring (bicyclic) bond motifs is 1. The van der Waals surface area contributed by atoms with Gasteiger partial charge in [0.25, 0.3) is 0 Å². The maximum Gasteiger partial charge on any atom is 0.242 e. The van der Waals surface area contributed by atoms with Crippen LogP contribution in [-0.4, -0.2) is 24.9 Å². The monoisotopic (exact) mass is 215 g/mol. The molecular formula is C12H13N3O. The first-order valence-electron chi connectivity index (χ1n) is 5.02. The van der Waals surface area contributed by atoms with Crippen LogP contribution in [-0.2, 0) is 4.79 Å². The van der Waals surface area contributed by atoms with E-state index in [1.54, 1.807) is 6.08 Å². The van der Waals surface area contributed by atoms with Gasteiger partial charge in [-0.1, -0.05) is 18.2 Å². The number of aromatic nitrogens is 1. The summed E-state index contributed by atoms with van der Waals surface area (Å²) in [6.07, 6.45) is 1.61. The van der Waals surface area contributed by atoms with Gasteiger partial charge in [0.2, 0.25) is 6.08 Å². The van der Waals surface area contributed by atoms with Crippen LogP contribution in [0, 0.1) is 6.92 Å². The standard InChI is InChI=1S/C12H13N3O/c1-9-10-6-4-5-7-11(10)15(14(2)3)12(9)13-8-16/h4-7H,1-3H3. The van der Waals surface area contributed by atoms with Crippen molar-refractivity contribution < 1.29 is 4.79 Å². The summed E-state index contributed by atoms with van der Waals surface area (Å²) in [5.74, 6) is 0.640. The van der Waals surface area contributed by atoms with Crippen molar-refractivity contribution >= 4 is 22.8 Å². The molecule has 0 fully saturated rings. The quantitative estimate of drug-likeness (QED) is 0.568. The van der Waals surface area contributed by atoms with E-state index in [1.807, 2.05) is 55.0 Å². The number of benzene rings is 1. The highest BCUT2D eigenvalue weighted by Crippen LogP contribution is 2.30. The van der Waals surface area contributed by atoms with Gasteiger partial charge in [0.15, 0.2) is 5.82 Å². The molecule has 2 rings (SSSR count). The van der Waals surface area contributed by atoms with Crippen LogP contribution in [0.3, 0.4) is 0 Å². The summed E-state index contributed by atoms with van der Waals surface area (Å²) in [7, 11) is 3.82. The molecule has 0 bridgehead atoms. The van der Waals surface area contributed by atoms with Gasteiger partial charge in [-0.15, -0.1) is 4.99 Å². The Morgan fingerprint density at radius 2 is 2.00 bits per heavy atom. The van der Waals surface area contributed by atoms with E-state index in [4.69, 9.17) is 0 Å². The third-order valence-electron chi connectivity index (χ3n) is 2.62. The van der Waals surface area contributed by atoms with Crippen LogP contribution in [0.4, 0.5) is 5.82 Å². The smallest absolute Gasteiger partial charge is 0.242 e. The average molecular weight is 215 g/mol.